The van der Waals surface area contributed by atoms with E-state index in [0.29, 0.717) is 11.3 Å². The van der Waals surface area contributed by atoms with Crippen molar-refractivity contribution in [3.63, 3.8) is 0 Å². The molecule has 0 spiro atoms. The van der Waals surface area contributed by atoms with Gasteiger partial charge in [0.1, 0.15) is 6.33 Å². The number of rotatable bonds is 10. The molecule has 0 atom stereocenters. The Morgan fingerprint density at radius 3 is 2.09 bits per heavy atom. The maximum Gasteiger partial charge on any atom is 0.162 e. The first-order chi connectivity index (χ1) is 26.0. The van der Waals surface area contributed by atoms with Crippen molar-refractivity contribution in [1.29, 1.82) is 0 Å². The van der Waals surface area contributed by atoms with E-state index in [9.17, 15) is 9.90 Å². The summed E-state index contributed by atoms with van der Waals surface area (Å²) in [6.07, 6.45) is 11.9. The van der Waals surface area contributed by atoms with Crippen LogP contribution in [0, 0.1) is 44.1 Å². The Morgan fingerprint density at radius 2 is 1.52 bits per heavy atom. The summed E-state index contributed by atoms with van der Waals surface area (Å²) in [5.41, 5.74) is 11.8. The van der Waals surface area contributed by atoms with Crippen LogP contribution in [0.25, 0.3) is 42.7 Å². The van der Waals surface area contributed by atoms with Gasteiger partial charge in [-0.3, -0.25) is 9.78 Å². The molecule has 0 bridgehead atoms. The molecule has 0 amide bonds. The van der Waals surface area contributed by atoms with Gasteiger partial charge in [0.2, 0.25) is 0 Å². The molecule has 1 radical (unpaired) electrons. The largest absolute Gasteiger partial charge is 0.512 e. The molecule has 0 saturated heterocycles. The zero-order valence-corrected chi connectivity index (χ0v) is 39.3. The van der Waals surface area contributed by atoms with Gasteiger partial charge in [-0.2, -0.15) is 0 Å². The van der Waals surface area contributed by atoms with Crippen LogP contribution in [0.1, 0.15) is 147 Å². The summed E-state index contributed by atoms with van der Waals surface area (Å²) < 4.78 is 1.15. The number of hydrogen-bond donors (Lipinski definition) is 1. The molecule has 6 heteroatoms. The van der Waals surface area contributed by atoms with Crippen LogP contribution in [0.4, 0.5) is 0 Å². The Hall–Kier alpha value is -3.18. The quantitative estimate of drug-likeness (QED) is 0.0861. The second kappa shape index (κ2) is 19.0. The van der Waals surface area contributed by atoms with Crippen molar-refractivity contribution < 1.29 is 30.0 Å². The van der Waals surface area contributed by atoms with Crippen LogP contribution in [0.2, 0.25) is 0 Å². The zero-order chi connectivity index (χ0) is 40.2. The van der Waals surface area contributed by atoms with Crippen LogP contribution in [0.5, 0.6) is 0 Å². The van der Waals surface area contributed by atoms with Crippen LogP contribution in [0.15, 0.2) is 60.6 Å². The second-order valence-electron chi connectivity index (χ2n) is 17.8. The maximum atomic E-state index is 11.7. The molecular formula is C50H65IrN2O2S-. The number of nitrogens with zero attached hydrogens (tertiary/aromatic N) is 2. The van der Waals surface area contributed by atoms with Gasteiger partial charge in [0.15, 0.2) is 5.78 Å². The molecule has 2 heterocycles. The molecule has 56 heavy (non-hydrogen) atoms. The third-order valence-electron chi connectivity index (χ3n) is 12.2. The van der Waals surface area contributed by atoms with E-state index in [4.69, 9.17) is 9.97 Å². The Bertz CT molecular complexity index is 2130. The molecule has 1 aliphatic carbocycles. The summed E-state index contributed by atoms with van der Waals surface area (Å²) in [6, 6.07) is 19.5. The molecule has 2 aromatic heterocycles. The number of aliphatic hydroxyl groups is 1. The van der Waals surface area contributed by atoms with Crippen molar-refractivity contribution in [2.75, 3.05) is 0 Å². The molecule has 1 aliphatic rings. The Balaban J connectivity index is 0.000000372. The van der Waals surface area contributed by atoms with Crippen molar-refractivity contribution in [2.24, 2.45) is 17.3 Å². The standard InChI is InChI=1S/C37H41N2S.C13H24O2.Ir/c1-22-17-27(25-13-15-37(7,8)16-14-25)18-23(2)31(22)34-24(3)32-35(40-34)33(39-21-38-32)28-19-26-11-9-10-12-29(26)30(20-28)36(4,5)6;1-5-10(6-2)12(14)9-13(15)11(7-3)8-4;/h9-12,17-18,20-21,25H,13-16H2,1-8H3;9-11,14H,5-8H2,1-4H3;/q-1;;/b;12-9-;. The van der Waals surface area contributed by atoms with Crippen molar-refractivity contribution in [1.82, 2.24) is 9.97 Å². The summed E-state index contributed by atoms with van der Waals surface area (Å²) >= 11 is 1.84. The first-order valence-electron chi connectivity index (χ1n) is 20.8. The predicted molar refractivity (Wildman–Crippen MR) is 236 cm³/mol. The molecule has 1 saturated carbocycles. The average molecular weight is 950 g/mol. The molecule has 0 aliphatic heterocycles. The topological polar surface area (TPSA) is 63.1 Å². The SMILES string of the molecule is CCC(CC)C(=O)/C=C(\O)C(CC)CC.Cc1cc(C2CCC(C)(C)CC2)cc(C)c1-c1sc2c(-c3[c-]c4ccccc4c(C(C)(C)C)c3)ncnc2c1C.[Ir]. The number of fused-ring (bicyclic) bond motifs is 2. The fraction of sp³-hybridized carbons (Fsp3) is 0.500. The third kappa shape index (κ3) is 10.1. The fourth-order valence-corrected chi connectivity index (χ4v) is 9.98. The van der Waals surface area contributed by atoms with Gasteiger partial charge in [-0.15, -0.1) is 40.5 Å². The van der Waals surface area contributed by atoms with Gasteiger partial charge in [-0.1, -0.05) is 104 Å². The van der Waals surface area contributed by atoms with Gasteiger partial charge < -0.3 is 5.11 Å². The normalized spacial score (nSPS) is 14.9. The summed E-state index contributed by atoms with van der Waals surface area (Å²) in [5.74, 6) is 1.23. The molecule has 303 valence electrons. The van der Waals surface area contributed by atoms with E-state index in [2.05, 4.69) is 104 Å². The summed E-state index contributed by atoms with van der Waals surface area (Å²) in [6.45, 7) is 26.6. The number of thiophene rings is 1. The summed E-state index contributed by atoms with van der Waals surface area (Å²) in [4.78, 5) is 22.7. The zero-order valence-electron chi connectivity index (χ0n) is 36.1. The molecular weight excluding hydrogens is 885 g/mol. The predicted octanol–water partition coefficient (Wildman–Crippen LogP) is 14.8. The van der Waals surface area contributed by atoms with Gasteiger partial charge >= 0.3 is 0 Å². The fourth-order valence-electron chi connectivity index (χ4n) is 8.54. The van der Waals surface area contributed by atoms with E-state index in [1.807, 2.05) is 39.0 Å². The molecule has 1 N–H and O–H groups in total. The van der Waals surface area contributed by atoms with Gasteiger partial charge in [0.05, 0.1) is 11.3 Å². The Kier molecular flexibility index (Phi) is 15.5. The molecule has 6 rings (SSSR count). The van der Waals surface area contributed by atoms with Gasteiger partial charge in [0, 0.05) is 53.3 Å². The number of aryl methyl sites for hydroxylation is 3. The van der Waals surface area contributed by atoms with Crippen LogP contribution >= 0.6 is 11.3 Å². The van der Waals surface area contributed by atoms with Gasteiger partial charge in [-0.25, -0.2) is 4.98 Å². The minimum atomic E-state index is 0. The first-order valence-corrected chi connectivity index (χ1v) is 21.6. The second-order valence-corrected chi connectivity index (χ2v) is 18.8. The van der Waals surface area contributed by atoms with Gasteiger partial charge in [0.25, 0.3) is 0 Å². The van der Waals surface area contributed by atoms with E-state index in [0.717, 1.165) is 52.5 Å². The number of aromatic nitrogens is 2. The minimum absolute atomic E-state index is 0. The van der Waals surface area contributed by atoms with Gasteiger partial charge in [-0.05, 0) is 117 Å². The average Bonchev–Trinajstić information content (AvgIpc) is 3.47. The Morgan fingerprint density at radius 1 is 0.929 bits per heavy atom. The number of ketones is 1. The Labute approximate surface area is 355 Å². The first kappa shape index (κ1) is 45.5. The molecule has 4 nitrogen and oxygen atoms in total. The van der Waals surface area contributed by atoms with Crippen LogP contribution in [-0.2, 0) is 30.3 Å². The van der Waals surface area contributed by atoms with Crippen LogP contribution in [-0.4, -0.2) is 20.9 Å². The smallest absolute Gasteiger partial charge is 0.162 e. The number of carbonyl (C=O) groups excluding carboxylic acids is 1. The number of aliphatic hydroxyl groups excluding tert-OH is 1. The minimum Gasteiger partial charge on any atom is -0.512 e. The summed E-state index contributed by atoms with van der Waals surface area (Å²) in [5, 5.41) is 12.2. The number of carbonyl (C=O) groups is 1. The van der Waals surface area contributed by atoms with Crippen molar-refractivity contribution in [3.8, 4) is 21.7 Å². The van der Waals surface area contributed by atoms with Crippen LogP contribution in [0.3, 0.4) is 0 Å². The molecule has 3 aromatic carbocycles. The molecule has 5 aromatic rings. The van der Waals surface area contributed by atoms with E-state index in [1.165, 1.54) is 75.4 Å². The van der Waals surface area contributed by atoms with Crippen LogP contribution < -0.4 is 0 Å². The van der Waals surface area contributed by atoms with Crippen molar-refractivity contribution >= 4 is 38.1 Å². The number of benzene rings is 3. The third-order valence-corrected chi connectivity index (χ3v) is 13.5. The van der Waals surface area contributed by atoms with E-state index in [-0.39, 0.29) is 48.9 Å². The molecule has 1 fully saturated rings. The maximum absolute atomic E-state index is 11.7. The number of hydrogen-bond acceptors (Lipinski definition) is 5. The van der Waals surface area contributed by atoms with Crippen molar-refractivity contribution in [3.05, 3.63) is 94.5 Å². The monoisotopic (exact) mass is 950 g/mol. The van der Waals surface area contributed by atoms with Crippen molar-refractivity contribution in [2.45, 2.75) is 146 Å². The molecule has 0 unspecified atom stereocenters. The van der Waals surface area contributed by atoms with E-state index in [1.54, 1.807) is 6.33 Å². The summed E-state index contributed by atoms with van der Waals surface area (Å²) in [7, 11) is 0. The van der Waals surface area contributed by atoms with E-state index < -0.39 is 0 Å². The number of allylic oxidation sites excluding steroid dienone is 2. The van der Waals surface area contributed by atoms with E-state index >= 15 is 0 Å².